The summed E-state index contributed by atoms with van der Waals surface area (Å²) >= 11 is 0. The van der Waals surface area contributed by atoms with Crippen LogP contribution in [0.25, 0.3) is 0 Å². The van der Waals surface area contributed by atoms with E-state index in [-0.39, 0.29) is 11.4 Å². The van der Waals surface area contributed by atoms with Gasteiger partial charge in [0.2, 0.25) is 5.91 Å². The quantitative estimate of drug-likeness (QED) is 0.558. The molecule has 1 N–H and O–H groups in total. The minimum Gasteiger partial charge on any atom is -0.353 e. The van der Waals surface area contributed by atoms with E-state index in [9.17, 15) is 4.79 Å². The highest BCUT2D eigenvalue weighted by Gasteiger charge is 2.37. The Morgan fingerprint density at radius 2 is 2.44 bits per heavy atom. The maximum Gasteiger partial charge on any atom is 0.217 e. The van der Waals surface area contributed by atoms with Gasteiger partial charge in [-0.05, 0) is 45.2 Å². The van der Waals surface area contributed by atoms with Gasteiger partial charge in [-0.1, -0.05) is 6.08 Å². The highest BCUT2D eigenvalue weighted by molar-refractivity contribution is 6.04. The number of hydrogen-bond acceptors (Lipinski definition) is 2. The molecule has 16 heavy (non-hydrogen) atoms. The van der Waals surface area contributed by atoms with Crippen LogP contribution in [0.3, 0.4) is 0 Å². The first-order chi connectivity index (χ1) is 7.48. The first-order valence-electron chi connectivity index (χ1n) is 5.87. The van der Waals surface area contributed by atoms with Gasteiger partial charge in [0.1, 0.15) is 0 Å². The van der Waals surface area contributed by atoms with Gasteiger partial charge in [0.05, 0.1) is 0 Å². The third-order valence-electron chi connectivity index (χ3n) is 3.45. The van der Waals surface area contributed by atoms with E-state index in [1.807, 2.05) is 10.9 Å². The summed E-state index contributed by atoms with van der Waals surface area (Å²) in [6, 6.07) is 0. The van der Waals surface area contributed by atoms with Crippen LogP contribution in [0, 0.1) is 5.92 Å². The van der Waals surface area contributed by atoms with Gasteiger partial charge in [0.15, 0.2) is 7.98 Å². The molecule has 2 radical (unpaired) electrons. The Labute approximate surface area is 99.7 Å². The Kier molecular flexibility index (Phi) is 4.60. The van der Waals surface area contributed by atoms with E-state index in [1.54, 1.807) is 6.92 Å². The first kappa shape index (κ1) is 13.3. The van der Waals surface area contributed by atoms with Crippen molar-refractivity contribution >= 4 is 13.9 Å². The largest absolute Gasteiger partial charge is 0.353 e. The number of rotatable bonds is 5. The summed E-state index contributed by atoms with van der Waals surface area (Å²) in [7, 11) is 5.78. The third kappa shape index (κ3) is 3.37. The van der Waals surface area contributed by atoms with Crippen LogP contribution < -0.4 is 5.32 Å². The lowest BCUT2D eigenvalue weighted by molar-refractivity contribution is -0.121. The summed E-state index contributed by atoms with van der Waals surface area (Å²) in [5, 5.41) is 3.08. The van der Waals surface area contributed by atoms with Gasteiger partial charge in [0, 0.05) is 12.5 Å². The molecule has 3 nitrogen and oxygen atoms in total. The molecule has 1 aliphatic rings. The lowest BCUT2D eigenvalue weighted by Gasteiger charge is -2.36. The highest BCUT2D eigenvalue weighted by atomic mass is 16.1. The Balaban J connectivity index is 2.68. The molecule has 0 aromatic heterocycles. The third-order valence-corrected chi connectivity index (χ3v) is 3.45. The molecule has 1 aliphatic heterocycles. The lowest BCUT2D eigenvalue weighted by Crippen LogP contribution is -2.51. The van der Waals surface area contributed by atoms with E-state index in [1.165, 1.54) is 0 Å². The van der Waals surface area contributed by atoms with E-state index in [4.69, 9.17) is 7.98 Å². The summed E-state index contributed by atoms with van der Waals surface area (Å²) in [6.45, 7) is 9.19. The number of carbonyl (C=O) groups is 1. The molecule has 4 heteroatoms. The van der Waals surface area contributed by atoms with Crippen molar-refractivity contribution < 1.29 is 4.79 Å². The number of nitrogens with zero attached hydrogens (tertiary/aromatic N) is 1. The minimum atomic E-state index is -0.159. The molecule has 1 unspecified atom stereocenters. The van der Waals surface area contributed by atoms with Crippen molar-refractivity contribution in [1.82, 2.24) is 10.1 Å². The number of hydrogen-bond donors (Lipinski definition) is 1. The summed E-state index contributed by atoms with van der Waals surface area (Å²) in [6.07, 6.45) is 4.78. The van der Waals surface area contributed by atoms with Crippen LogP contribution in [-0.2, 0) is 4.79 Å². The van der Waals surface area contributed by atoms with Crippen LogP contribution in [0.5, 0.6) is 0 Å². The normalized spacial score (nSPS) is 25.0. The number of amides is 1. The first-order valence-corrected chi connectivity index (χ1v) is 5.87. The number of allylic oxidation sites excluding steroid dienone is 1. The predicted molar refractivity (Wildman–Crippen MR) is 67.1 cm³/mol. The number of nitrogens with one attached hydrogen (secondary N) is 1. The van der Waals surface area contributed by atoms with Crippen molar-refractivity contribution in [3.8, 4) is 0 Å². The SMILES string of the molecule is [B]N1CC[C@H](C(C)(CCC=C)NC(C)=O)C1. The van der Waals surface area contributed by atoms with Crippen molar-refractivity contribution in [1.29, 1.82) is 0 Å². The van der Waals surface area contributed by atoms with Crippen LogP contribution in [-0.4, -0.2) is 37.3 Å². The predicted octanol–water partition coefficient (Wildman–Crippen LogP) is 1.25. The van der Waals surface area contributed by atoms with Gasteiger partial charge in [0.25, 0.3) is 0 Å². The molecule has 2 atom stereocenters. The molecule has 0 aromatic carbocycles. The van der Waals surface area contributed by atoms with Gasteiger partial charge >= 0.3 is 0 Å². The van der Waals surface area contributed by atoms with Crippen molar-refractivity contribution in [2.75, 3.05) is 13.1 Å². The maximum absolute atomic E-state index is 11.3. The maximum atomic E-state index is 11.3. The van der Waals surface area contributed by atoms with E-state index in [0.717, 1.165) is 32.4 Å². The molecule has 1 fully saturated rings. The van der Waals surface area contributed by atoms with Crippen LogP contribution in [0.2, 0.25) is 0 Å². The van der Waals surface area contributed by atoms with Gasteiger partial charge in [-0.25, -0.2) is 0 Å². The molecular formula is C12H21BN2O. The zero-order valence-electron chi connectivity index (χ0n) is 10.3. The molecule has 0 bridgehead atoms. The van der Waals surface area contributed by atoms with Crippen LogP contribution in [0.15, 0.2) is 12.7 Å². The molecule has 0 aromatic rings. The van der Waals surface area contributed by atoms with Crippen LogP contribution in [0.4, 0.5) is 0 Å². The fourth-order valence-electron chi connectivity index (χ4n) is 2.48. The Hall–Kier alpha value is -0.765. The number of carbonyl (C=O) groups excluding carboxylic acids is 1. The van der Waals surface area contributed by atoms with Gasteiger partial charge in [-0.15, -0.1) is 6.58 Å². The molecule has 0 saturated carbocycles. The average Bonchev–Trinajstić information content (AvgIpc) is 2.61. The van der Waals surface area contributed by atoms with Crippen molar-refractivity contribution in [2.24, 2.45) is 5.92 Å². The molecule has 1 saturated heterocycles. The highest BCUT2D eigenvalue weighted by Crippen LogP contribution is 2.30. The lowest BCUT2D eigenvalue weighted by atomic mass is 9.81. The van der Waals surface area contributed by atoms with Crippen molar-refractivity contribution in [3.63, 3.8) is 0 Å². The molecule has 1 amide bonds. The molecular weight excluding hydrogens is 199 g/mol. The van der Waals surface area contributed by atoms with Crippen molar-refractivity contribution in [3.05, 3.63) is 12.7 Å². The van der Waals surface area contributed by atoms with E-state index < -0.39 is 0 Å². The molecule has 1 rings (SSSR count). The van der Waals surface area contributed by atoms with Gasteiger partial charge in [-0.2, -0.15) is 0 Å². The van der Waals surface area contributed by atoms with E-state index in [0.29, 0.717) is 5.92 Å². The second-order valence-corrected chi connectivity index (χ2v) is 4.91. The molecule has 0 spiro atoms. The summed E-state index contributed by atoms with van der Waals surface area (Å²) in [5.41, 5.74) is -0.159. The fourth-order valence-corrected chi connectivity index (χ4v) is 2.48. The van der Waals surface area contributed by atoms with Gasteiger partial charge < -0.3 is 10.1 Å². The van der Waals surface area contributed by atoms with E-state index >= 15 is 0 Å². The van der Waals surface area contributed by atoms with Crippen LogP contribution >= 0.6 is 0 Å². The topological polar surface area (TPSA) is 32.3 Å². The van der Waals surface area contributed by atoms with E-state index in [2.05, 4.69) is 18.8 Å². The Bertz CT molecular complexity index is 270. The summed E-state index contributed by atoms with van der Waals surface area (Å²) < 4.78 is 0. The molecule has 0 aliphatic carbocycles. The smallest absolute Gasteiger partial charge is 0.217 e. The summed E-state index contributed by atoms with van der Waals surface area (Å²) in [5.74, 6) is 0.461. The minimum absolute atomic E-state index is 0.0297. The standard InChI is InChI=1S/C12H21BN2O/c1-4-5-7-12(3,14-10(2)16)11-6-8-15(13)9-11/h4,11H,1,5-9H2,2-3H3,(H,14,16)/t11-,12?/m0/s1. The molecule has 1 heterocycles. The fraction of sp³-hybridized carbons (Fsp3) is 0.750. The second-order valence-electron chi connectivity index (χ2n) is 4.91. The van der Waals surface area contributed by atoms with Crippen LogP contribution in [0.1, 0.15) is 33.1 Å². The average molecular weight is 220 g/mol. The second kappa shape index (κ2) is 5.53. The zero-order valence-corrected chi connectivity index (χ0v) is 10.3. The zero-order chi connectivity index (χ0) is 12.2. The Morgan fingerprint density at radius 3 is 2.88 bits per heavy atom. The van der Waals surface area contributed by atoms with Gasteiger partial charge in [-0.3, -0.25) is 4.79 Å². The monoisotopic (exact) mass is 220 g/mol. The Morgan fingerprint density at radius 1 is 1.75 bits per heavy atom. The van der Waals surface area contributed by atoms with Crippen molar-refractivity contribution in [2.45, 2.75) is 38.6 Å². The summed E-state index contributed by atoms with van der Waals surface area (Å²) in [4.78, 5) is 13.1. The molecule has 88 valence electrons.